The van der Waals surface area contributed by atoms with E-state index in [0.717, 1.165) is 16.3 Å². The molecule has 64 valence electrons. The summed E-state index contributed by atoms with van der Waals surface area (Å²) in [6.45, 7) is 1.92. The first-order valence-corrected chi connectivity index (χ1v) is 4.70. The number of aromatic nitrogens is 2. The predicted molar refractivity (Wildman–Crippen MR) is 51.4 cm³/mol. The van der Waals surface area contributed by atoms with Gasteiger partial charge in [-0.2, -0.15) is 5.26 Å². The van der Waals surface area contributed by atoms with Gasteiger partial charge in [0, 0.05) is 5.69 Å². The number of aryl methyl sites for hydroxylation is 1. The van der Waals surface area contributed by atoms with Gasteiger partial charge in [0.1, 0.15) is 11.8 Å². The fourth-order valence-corrected chi connectivity index (χ4v) is 1.94. The Morgan fingerprint density at radius 1 is 1.62 bits per heavy atom. The summed E-state index contributed by atoms with van der Waals surface area (Å²) in [5.41, 5.74) is 1.82. The lowest BCUT2D eigenvalue weighted by Crippen LogP contribution is -1.75. The number of hydrogen-bond donors (Lipinski definition) is 1. The molecule has 0 aromatic carbocycles. The standard InChI is InChI=1S/C9H7N3S/c1-6-9(7-3-2-4-13-7)12-8(5-10)11-6/h2-4H,1H3,(H,11,12). The molecule has 0 unspecified atom stereocenters. The van der Waals surface area contributed by atoms with E-state index in [1.807, 2.05) is 30.5 Å². The Balaban J connectivity index is 2.54. The molecule has 3 nitrogen and oxygen atoms in total. The number of rotatable bonds is 1. The third kappa shape index (κ3) is 1.34. The fraction of sp³-hybridized carbons (Fsp3) is 0.111. The van der Waals surface area contributed by atoms with Gasteiger partial charge in [0.15, 0.2) is 0 Å². The molecule has 0 aliphatic carbocycles. The first-order chi connectivity index (χ1) is 6.31. The maximum absolute atomic E-state index is 8.63. The molecule has 0 saturated carbocycles. The average Bonchev–Trinajstić information content (AvgIpc) is 2.72. The van der Waals surface area contributed by atoms with Crippen molar-refractivity contribution in [2.24, 2.45) is 0 Å². The molecule has 1 N–H and O–H groups in total. The van der Waals surface area contributed by atoms with Crippen molar-refractivity contribution >= 4 is 11.3 Å². The highest BCUT2D eigenvalue weighted by Gasteiger charge is 2.08. The maximum Gasteiger partial charge on any atom is 0.210 e. The zero-order valence-electron chi connectivity index (χ0n) is 7.03. The Bertz CT molecular complexity index is 448. The highest BCUT2D eigenvalue weighted by Crippen LogP contribution is 2.25. The zero-order valence-corrected chi connectivity index (χ0v) is 7.85. The number of nitrogens with zero attached hydrogens (tertiary/aromatic N) is 2. The average molecular weight is 189 g/mol. The van der Waals surface area contributed by atoms with Gasteiger partial charge in [-0.1, -0.05) is 6.07 Å². The maximum atomic E-state index is 8.63. The number of thiophene rings is 1. The van der Waals surface area contributed by atoms with Crippen LogP contribution in [0.25, 0.3) is 10.6 Å². The highest BCUT2D eigenvalue weighted by molar-refractivity contribution is 7.13. The van der Waals surface area contributed by atoms with Crippen LogP contribution in [0.4, 0.5) is 0 Å². The number of nitrogens with one attached hydrogen (secondary N) is 1. The van der Waals surface area contributed by atoms with Gasteiger partial charge < -0.3 is 4.98 Å². The van der Waals surface area contributed by atoms with E-state index < -0.39 is 0 Å². The summed E-state index contributed by atoms with van der Waals surface area (Å²) in [7, 11) is 0. The second-order valence-electron chi connectivity index (χ2n) is 2.65. The topological polar surface area (TPSA) is 52.5 Å². The minimum Gasteiger partial charge on any atom is -0.333 e. The molecule has 0 atom stereocenters. The van der Waals surface area contributed by atoms with Gasteiger partial charge in [-0.25, -0.2) is 4.98 Å². The van der Waals surface area contributed by atoms with E-state index in [-0.39, 0.29) is 0 Å². The molecule has 4 heteroatoms. The van der Waals surface area contributed by atoms with Crippen LogP contribution in [0, 0.1) is 18.3 Å². The van der Waals surface area contributed by atoms with Crippen molar-refractivity contribution in [3.8, 4) is 16.6 Å². The third-order valence-corrected chi connectivity index (χ3v) is 2.62. The van der Waals surface area contributed by atoms with Crippen LogP contribution in [0.15, 0.2) is 17.5 Å². The van der Waals surface area contributed by atoms with Crippen molar-refractivity contribution in [1.29, 1.82) is 5.26 Å². The normalized spacial score (nSPS) is 9.85. The molecule has 0 aliphatic heterocycles. The molecule has 13 heavy (non-hydrogen) atoms. The largest absolute Gasteiger partial charge is 0.333 e. The molecule has 0 amide bonds. The van der Waals surface area contributed by atoms with Crippen LogP contribution in [0.2, 0.25) is 0 Å². The highest BCUT2D eigenvalue weighted by atomic mass is 32.1. The lowest BCUT2D eigenvalue weighted by atomic mass is 10.3. The second-order valence-corrected chi connectivity index (χ2v) is 3.60. The summed E-state index contributed by atoms with van der Waals surface area (Å²) in [6.07, 6.45) is 0. The number of aromatic amines is 1. The minimum absolute atomic E-state index is 0.376. The summed E-state index contributed by atoms with van der Waals surface area (Å²) in [5, 5.41) is 10.6. The lowest BCUT2D eigenvalue weighted by molar-refractivity contribution is 1.20. The van der Waals surface area contributed by atoms with Gasteiger partial charge >= 0.3 is 0 Å². The minimum atomic E-state index is 0.376. The molecule has 2 aromatic rings. The summed E-state index contributed by atoms with van der Waals surface area (Å²) >= 11 is 1.62. The summed E-state index contributed by atoms with van der Waals surface area (Å²) in [5.74, 6) is 0.376. The van der Waals surface area contributed by atoms with E-state index in [4.69, 9.17) is 5.26 Å². The molecule has 0 aliphatic rings. The molecule has 2 aromatic heterocycles. The number of hydrogen-bond acceptors (Lipinski definition) is 3. The Hall–Kier alpha value is -1.60. The molecule has 2 heterocycles. The van der Waals surface area contributed by atoms with Crippen molar-refractivity contribution < 1.29 is 0 Å². The summed E-state index contributed by atoms with van der Waals surface area (Å²) in [4.78, 5) is 8.17. The van der Waals surface area contributed by atoms with E-state index >= 15 is 0 Å². The van der Waals surface area contributed by atoms with Gasteiger partial charge in [0.05, 0.1) is 4.88 Å². The van der Waals surface area contributed by atoms with Crippen LogP contribution in [-0.2, 0) is 0 Å². The van der Waals surface area contributed by atoms with Crippen molar-refractivity contribution in [2.45, 2.75) is 6.92 Å². The molecule has 0 radical (unpaired) electrons. The first-order valence-electron chi connectivity index (χ1n) is 3.82. The molecule has 0 bridgehead atoms. The Morgan fingerprint density at radius 3 is 3.00 bits per heavy atom. The Morgan fingerprint density at radius 2 is 2.46 bits per heavy atom. The summed E-state index contributed by atoms with van der Waals surface area (Å²) < 4.78 is 0. The van der Waals surface area contributed by atoms with E-state index in [2.05, 4.69) is 9.97 Å². The molecule has 0 fully saturated rings. The van der Waals surface area contributed by atoms with Crippen LogP contribution in [0.3, 0.4) is 0 Å². The van der Waals surface area contributed by atoms with Crippen molar-refractivity contribution in [1.82, 2.24) is 9.97 Å². The first kappa shape index (κ1) is 8.02. The number of H-pyrrole nitrogens is 1. The van der Waals surface area contributed by atoms with Crippen LogP contribution < -0.4 is 0 Å². The van der Waals surface area contributed by atoms with Crippen LogP contribution in [0.5, 0.6) is 0 Å². The van der Waals surface area contributed by atoms with Crippen LogP contribution in [0.1, 0.15) is 11.5 Å². The SMILES string of the molecule is Cc1[nH]c(C#N)nc1-c1cccs1. The van der Waals surface area contributed by atoms with Crippen LogP contribution in [-0.4, -0.2) is 9.97 Å². The number of imidazole rings is 1. The molecule has 0 spiro atoms. The predicted octanol–water partition coefficient (Wildman–Crippen LogP) is 2.32. The van der Waals surface area contributed by atoms with E-state index in [0.29, 0.717) is 5.82 Å². The second kappa shape index (κ2) is 3.04. The molecular formula is C9H7N3S. The Labute approximate surface area is 79.7 Å². The van der Waals surface area contributed by atoms with Crippen LogP contribution >= 0.6 is 11.3 Å². The molecular weight excluding hydrogens is 182 g/mol. The van der Waals surface area contributed by atoms with E-state index in [1.165, 1.54) is 0 Å². The van der Waals surface area contributed by atoms with Gasteiger partial charge in [-0.3, -0.25) is 0 Å². The van der Waals surface area contributed by atoms with Gasteiger partial charge in [0.2, 0.25) is 5.82 Å². The lowest BCUT2D eigenvalue weighted by Gasteiger charge is -1.89. The van der Waals surface area contributed by atoms with Crippen molar-refractivity contribution in [3.05, 3.63) is 29.0 Å². The van der Waals surface area contributed by atoms with Gasteiger partial charge in [-0.15, -0.1) is 11.3 Å². The van der Waals surface area contributed by atoms with Gasteiger partial charge in [0.25, 0.3) is 0 Å². The summed E-state index contributed by atoms with van der Waals surface area (Å²) in [6, 6.07) is 5.96. The van der Waals surface area contributed by atoms with Gasteiger partial charge in [-0.05, 0) is 18.4 Å². The van der Waals surface area contributed by atoms with Crippen molar-refractivity contribution in [3.63, 3.8) is 0 Å². The quantitative estimate of drug-likeness (QED) is 0.748. The monoisotopic (exact) mass is 189 g/mol. The molecule has 0 saturated heterocycles. The third-order valence-electron chi connectivity index (χ3n) is 1.75. The number of nitriles is 1. The van der Waals surface area contributed by atoms with Crippen molar-refractivity contribution in [2.75, 3.05) is 0 Å². The van der Waals surface area contributed by atoms with E-state index in [1.54, 1.807) is 11.3 Å². The molecule has 2 rings (SSSR count). The zero-order chi connectivity index (χ0) is 9.26. The Kier molecular flexibility index (Phi) is 1.87. The smallest absolute Gasteiger partial charge is 0.210 e. The van der Waals surface area contributed by atoms with E-state index in [9.17, 15) is 0 Å². The fourth-order valence-electron chi connectivity index (χ4n) is 1.17.